The van der Waals surface area contributed by atoms with Gasteiger partial charge in [0.1, 0.15) is 11.6 Å². The molecule has 1 aliphatic carbocycles. The molecule has 0 atom stereocenters. The number of hydrogen-bond donors (Lipinski definition) is 1. The number of hydrogen-bond acceptors (Lipinski definition) is 3. The number of fused-ring (bicyclic) bond motifs is 1. The smallest absolute Gasteiger partial charge is 0.258 e. The van der Waals surface area contributed by atoms with Crippen molar-refractivity contribution in [3.05, 3.63) is 76.3 Å². The van der Waals surface area contributed by atoms with E-state index in [9.17, 15) is 9.18 Å². The van der Waals surface area contributed by atoms with Crippen molar-refractivity contribution in [3.63, 3.8) is 0 Å². The maximum Gasteiger partial charge on any atom is 0.258 e. The van der Waals surface area contributed by atoms with Gasteiger partial charge in [-0.2, -0.15) is 5.10 Å². The third-order valence-corrected chi connectivity index (χ3v) is 5.02. The van der Waals surface area contributed by atoms with Gasteiger partial charge < -0.3 is 10.1 Å². The van der Waals surface area contributed by atoms with Crippen LogP contribution in [0.15, 0.2) is 48.5 Å². The second-order valence-corrected chi connectivity index (χ2v) is 7.02. The molecule has 0 radical (unpaired) electrons. The Balaban J connectivity index is 1.39. The first kappa shape index (κ1) is 18.5. The summed E-state index contributed by atoms with van der Waals surface area (Å²) in [6.45, 7) is 0.165. The first-order valence-electron chi connectivity index (χ1n) is 9.11. The van der Waals surface area contributed by atoms with Crippen LogP contribution in [0.5, 0.6) is 5.75 Å². The van der Waals surface area contributed by atoms with E-state index in [4.69, 9.17) is 21.4 Å². The number of halogens is 2. The van der Waals surface area contributed by atoms with Gasteiger partial charge in [0.15, 0.2) is 6.61 Å². The van der Waals surface area contributed by atoms with E-state index >= 15 is 0 Å². The van der Waals surface area contributed by atoms with E-state index in [0.717, 1.165) is 30.6 Å². The van der Waals surface area contributed by atoms with Crippen LogP contribution in [-0.4, -0.2) is 22.3 Å². The van der Waals surface area contributed by atoms with Crippen LogP contribution in [0.3, 0.4) is 0 Å². The largest absolute Gasteiger partial charge is 0.484 e. The van der Waals surface area contributed by atoms with Crippen LogP contribution in [-0.2, 0) is 24.2 Å². The van der Waals surface area contributed by atoms with Gasteiger partial charge in [-0.1, -0.05) is 29.8 Å². The summed E-state index contributed by atoms with van der Waals surface area (Å²) < 4.78 is 20.5. The average Bonchev–Trinajstić information content (AvgIpc) is 3.31. The quantitative estimate of drug-likeness (QED) is 0.685. The molecule has 1 amide bonds. The SMILES string of the molecule is O=C(COc1ccc(F)c(Cl)c1)NCc1nn(-c2ccccc2)c2c1CCC2. The molecule has 1 N–H and O–H groups in total. The molecule has 3 aromatic rings. The Hall–Kier alpha value is -2.86. The minimum absolute atomic E-state index is 0.0417. The van der Waals surface area contributed by atoms with Crippen molar-refractivity contribution in [2.24, 2.45) is 0 Å². The molecule has 0 bridgehead atoms. The predicted octanol–water partition coefficient (Wildman–Crippen LogP) is 3.85. The molecule has 0 saturated carbocycles. The standard InChI is InChI=1S/C21H19ClFN3O2/c22-17-11-15(9-10-18(17)23)28-13-21(27)24-12-19-16-7-4-8-20(16)26(25-19)14-5-2-1-3-6-14/h1-3,5-6,9-11H,4,7-8,12-13H2,(H,24,27). The summed E-state index contributed by atoms with van der Waals surface area (Å²) in [5.74, 6) is -0.460. The lowest BCUT2D eigenvalue weighted by Crippen LogP contribution is -2.29. The van der Waals surface area contributed by atoms with Gasteiger partial charge >= 0.3 is 0 Å². The summed E-state index contributed by atoms with van der Waals surface area (Å²) >= 11 is 5.71. The van der Waals surface area contributed by atoms with Crippen molar-refractivity contribution in [1.82, 2.24) is 15.1 Å². The monoisotopic (exact) mass is 399 g/mol. The van der Waals surface area contributed by atoms with Crippen LogP contribution in [0.2, 0.25) is 5.02 Å². The molecular weight excluding hydrogens is 381 g/mol. The number of nitrogens with zero attached hydrogens (tertiary/aromatic N) is 2. The van der Waals surface area contributed by atoms with Gasteiger partial charge in [-0.25, -0.2) is 9.07 Å². The van der Waals surface area contributed by atoms with Crippen molar-refractivity contribution in [3.8, 4) is 11.4 Å². The Kier molecular flexibility index (Phi) is 5.30. The van der Waals surface area contributed by atoms with E-state index in [0.29, 0.717) is 12.3 Å². The van der Waals surface area contributed by atoms with E-state index < -0.39 is 5.82 Å². The third kappa shape index (κ3) is 3.87. The van der Waals surface area contributed by atoms with Gasteiger partial charge in [-0.15, -0.1) is 0 Å². The minimum atomic E-state index is -0.527. The summed E-state index contributed by atoms with van der Waals surface area (Å²) in [7, 11) is 0. The van der Waals surface area contributed by atoms with E-state index in [1.807, 2.05) is 35.0 Å². The number of carbonyl (C=O) groups is 1. The van der Waals surface area contributed by atoms with Gasteiger partial charge in [0.05, 0.1) is 22.9 Å². The highest BCUT2D eigenvalue weighted by atomic mass is 35.5. The number of benzene rings is 2. The molecule has 28 heavy (non-hydrogen) atoms. The molecule has 0 fully saturated rings. The Morgan fingerprint density at radius 1 is 1.21 bits per heavy atom. The van der Waals surface area contributed by atoms with Crippen molar-refractivity contribution >= 4 is 17.5 Å². The fourth-order valence-corrected chi connectivity index (χ4v) is 3.56. The van der Waals surface area contributed by atoms with Gasteiger partial charge in [-0.05, 0) is 49.1 Å². The van der Waals surface area contributed by atoms with E-state index in [1.165, 1.54) is 29.5 Å². The molecule has 1 aliphatic rings. The Morgan fingerprint density at radius 2 is 2.04 bits per heavy atom. The molecule has 5 nitrogen and oxygen atoms in total. The maximum atomic E-state index is 13.2. The molecule has 0 saturated heterocycles. The van der Waals surface area contributed by atoms with Gasteiger partial charge in [0, 0.05) is 11.8 Å². The molecule has 144 valence electrons. The molecule has 0 unspecified atom stereocenters. The fourth-order valence-electron chi connectivity index (χ4n) is 3.39. The van der Waals surface area contributed by atoms with Crippen LogP contribution in [0.4, 0.5) is 4.39 Å². The molecule has 2 aromatic carbocycles. The topological polar surface area (TPSA) is 56.1 Å². The fraction of sp³-hybridized carbons (Fsp3) is 0.238. The van der Waals surface area contributed by atoms with E-state index in [2.05, 4.69) is 5.32 Å². The highest BCUT2D eigenvalue weighted by Crippen LogP contribution is 2.27. The summed E-state index contributed by atoms with van der Waals surface area (Å²) in [4.78, 5) is 12.1. The van der Waals surface area contributed by atoms with Crippen LogP contribution in [0.1, 0.15) is 23.4 Å². The first-order chi connectivity index (χ1) is 13.6. The second kappa shape index (κ2) is 8.02. The normalized spacial score (nSPS) is 12.6. The average molecular weight is 400 g/mol. The number of rotatable bonds is 6. The van der Waals surface area contributed by atoms with Crippen molar-refractivity contribution in [2.75, 3.05) is 6.61 Å². The number of nitrogens with one attached hydrogen (secondary N) is 1. The zero-order chi connectivity index (χ0) is 19.5. The van der Waals surface area contributed by atoms with Gasteiger partial charge in [0.2, 0.25) is 0 Å². The highest BCUT2D eigenvalue weighted by molar-refractivity contribution is 6.30. The number of amides is 1. The van der Waals surface area contributed by atoms with Crippen molar-refractivity contribution in [2.45, 2.75) is 25.8 Å². The summed E-state index contributed by atoms with van der Waals surface area (Å²) in [6, 6.07) is 14.0. The molecule has 1 heterocycles. The van der Waals surface area contributed by atoms with Crippen molar-refractivity contribution < 1.29 is 13.9 Å². The minimum Gasteiger partial charge on any atom is -0.484 e. The summed E-state index contributed by atoms with van der Waals surface area (Å²) in [5, 5.41) is 7.52. The van der Waals surface area contributed by atoms with Crippen LogP contribution in [0.25, 0.3) is 5.69 Å². The zero-order valence-electron chi connectivity index (χ0n) is 15.1. The lowest BCUT2D eigenvalue weighted by Gasteiger charge is -2.08. The molecule has 0 aliphatic heterocycles. The number of para-hydroxylation sites is 1. The maximum absolute atomic E-state index is 13.2. The Bertz CT molecular complexity index is 1000. The Labute approximate surface area is 167 Å². The third-order valence-electron chi connectivity index (χ3n) is 4.73. The van der Waals surface area contributed by atoms with Crippen LogP contribution in [0, 0.1) is 5.82 Å². The lowest BCUT2D eigenvalue weighted by atomic mass is 10.2. The molecule has 1 aromatic heterocycles. The number of ether oxygens (including phenoxy) is 1. The van der Waals surface area contributed by atoms with Crippen molar-refractivity contribution in [1.29, 1.82) is 0 Å². The first-order valence-corrected chi connectivity index (χ1v) is 9.49. The van der Waals surface area contributed by atoms with Gasteiger partial charge in [0.25, 0.3) is 5.91 Å². The highest BCUT2D eigenvalue weighted by Gasteiger charge is 2.23. The van der Waals surface area contributed by atoms with E-state index in [-0.39, 0.29) is 17.5 Å². The summed E-state index contributed by atoms with van der Waals surface area (Å²) in [5.41, 5.74) is 4.34. The Morgan fingerprint density at radius 3 is 2.82 bits per heavy atom. The lowest BCUT2D eigenvalue weighted by molar-refractivity contribution is -0.123. The van der Waals surface area contributed by atoms with Crippen LogP contribution < -0.4 is 10.1 Å². The number of carbonyl (C=O) groups excluding carboxylic acids is 1. The van der Waals surface area contributed by atoms with Gasteiger partial charge in [-0.3, -0.25) is 4.79 Å². The summed E-state index contributed by atoms with van der Waals surface area (Å²) in [6.07, 6.45) is 3.05. The molecule has 0 spiro atoms. The number of aromatic nitrogens is 2. The zero-order valence-corrected chi connectivity index (χ0v) is 15.9. The molecule has 7 heteroatoms. The predicted molar refractivity (Wildman–Crippen MR) is 104 cm³/mol. The molecule has 4 rings (SSSR count). The molecular formula is C21H19ClFN3O2. The second-order valence-electron chi connectivity index (χ2n) is 6.61. The van der Waals surface area contributed by atoms with Crippen LogP contribution >= 0.6 is 11.6 Å². The van der Waals surface area contributed by atoms with E-state index in [1.54, 1.807) is 0 Å².